The zero-order valence-corrected chi connectivity index (χ0v) is 19.0. The monoisotopic (exact) mass is 477 g/mol. The lowest BCUT2D eigenvalue weighted by Gasteiger charge is -2.59. The van der Waals surface area contributed by atoms with Crippen molar-refractivity contribution in [2.45, 2.75) is 25.4 Å². The zero-order chi connectivity index (χ0) is 24.6. The molecule has 0 radical (unpaired) electrons. The molecule has 2 heterocycles. The molecule has 180 valence electrons. The Morgan fingerprint density at radius 1 is 1.00 bits per heavy atom. The van der Waals surface area contributed by atoms with Crippen LogP contribution in [0.2, 0.25) is 0 Å². The first-order valence-electron chi connectivity index (χ1n) is 11.5. The van der Waals surface area contributed by atoms with Gasteiger partial charge in [-0.15, -0.1) is 0 Å². The van der Waals surface area contributed by atoms with Crippen LogP contribution >= 0.6 is 0 Å². The Balaban J connectivity index is 1.33. The molecule has 0 aliphatic carbocycles. The number of nitrogens with one attached hydrogen (secondary N) is 1. The van der Waals surface area contributed by atoms with Gasteiger partial charge >= 0.3 is 6.03 Å². The van der Waals surface area contributed by atoms with Crippen molar-refractivity contribution in [3.8, 4) is 5.75 Å². The summed E-state index contributed by atoms with van der Waals surface area (Å²) in [5.74, 6) is -0.790. The summed E-state index contributed by atoms with van der Waals surface area (Å²) in [5.41, 5.74) is 0.987. The number of urea groups is 1. The standard InChI is InChI=1S/C27H25F2N3O3/c28-20-5-3-6-21(16-20)32-24(18-8-10-22(33)11-9-18)27(25(32)34)12-14-31(15-13-27)26(35)30-17-19-4-1-2-7-23(19)29/h1-11,16,24,33H,12-15,17H2,(H,30,35). The van der Waals surface area contributed by atoms with E-state index in [1.54, 1.807) is 64.4 Å². The van der Waals surface area contributed by atoms with Crippen LogP contribution in [0.25, 0.3) is 0 Å². The molecular weight excluding hydrogens is 452 g/mol. The Bertz CT molecular complexity index is 1260. The Morgan fingerprint density at radius 2 is 1.71 bits per heavy atom. The predicted molar refractivity (Wildman–Crippen MR) is 127 cm³/mol. The van der Waals surface area contributed by atoms with Crippen LogP contribution in [-0.4, -0.2) is 35.0 Å². The van der Waals surface area contributed by atoms with Crippen molar-refractivity contribution in [2.24, 2.45) is 5.41 Å². The SMILES string of the molecule is O=C(NCc1ccccc1F)N1CCC2(CC1)C(=O)N(c1cccc(F)c1)C2c1ccc(O)cc1. The molecule has 5 rings (SSSR count). The quantitative estimate of drug-likeness (QED) is 0.533. The minimum Gasteiger partial charge on any atom is -0.508 e. The minimum atomic E-state index is -0.731. The number of aromatic hydroxyl groups is 1. The Morgan fingerprint density at radius 3 is 2.40 bits per heavy atom. The maximum absolute atomic E-state index is 13.9. The van der Waals surface area contributed by atoms with Crippen LogP contribution in [0.1, 0.15) is 30.0 Å². The maximum Gasteiger partial charge on any atom is 0.317 e. The molecule has 1 atom stereocenters. The molecule has 3 aromatic rings. The van der Waals surface area contributed by atoms with Crippen molar-refractivity contribution in [3.05, 3.63) is 95.6 Å². The van der Waals surface area contributed by atoms with E-state index in [0.29, 0.717) is 37.2 Å². The molecule has 0 bridgehead atoms. The van der Waals surface area contributed by atoms with E-state index in [2.05, 4.69) is 5.32 Å². The molecule has 1 unspecified atom stereocenters. The van der Waals surface area contributed by atoms with Crippen LogP contribution in [0, 0.1) is 17.0 Å². The van der Waals surface area contributed by atoms with Gasteiger partial charge in [0.05, 0.1) is 11.5 Å². The lowest BCUT2D eigenvalue weighted by atomic mass is 9.62. The number of piperidine rings is 1. The minimum absolute atomic E-state index is 0.0789. The van der Waals surface area contributed by atoms with Gasteiger partial charge < -0.3 is 20.2 Å². The number of hydrogen-bond donors (Lipinski definition) is 2. The lowest BCUT2D eigenvalue weighted by molar-refractivity contribution is -0.144. The van der Waals surface area contributed by atoms with Crippen LogP contribution in [0.4, 0.5) is 19.3 Å². The molecule has 2 aliphatic rings. The molecule has 8 heteroatoms. The van der Waals surface area contributed by atoms with Crippen molar-refractivity contribution in [2.75, 3.05) is 18.0 Å². The van der Waals surface area contributed by atoms with Crippen LogP contribution in [-0.2, 0) is 11.3 Å². The first kappa shape index (κ1) is 22.8. The maximum atomic E-state index is 13.9. The molecule has 3 aromatic carbocycles. The van der Waals surface area contributed by atoms with Gasteiger partial charge in [-0.2, -0.15) is 0 Å². The molecule has 6 nitrogen and oxygen atoms in total. The summed E-state index contributed by atoms with van der Waals surface area (Å²) in [7, 11) is 0. The molecule has 35 heavy (non-hydrogen) atoms. The molecular formula is C27H25F2N3O3. The third kappa shape index (κ3) is 4.09. The van der Waals surface area contributed by atoms with Crippen molar-refractivity contribution < 1.29 is 23.5 Å². The molecule has 2 fully saturated rings. The Hall–Kier alpha value is -3.94. The third-order valence-electron chi connectivity index (χ3n) is 7.05. The lowest BCUT2D eigenvalue weighted by Crippen LogP contribution is -2.67. The first-order chi connectivity index (χ1) is 16.9. The van der Waals surface area contributed by atoms with Crippen LogP contribution < -0.4 is 10.2 Å². The highest BCUT2D eigenvalue weighted by Crippen LogP contribution is 2.57. The van der Waals surface area contributed by atoms with Gasteiger partial charge in [0.25, 0.3) is 0 Å². The zero-order valence-electron chi connectivity index (χ0n) is 19.0. The van der Waals surface area contributed by atoms with Crippen molar-refractivity contribution in [1.82, 2.24) is 10.2 Å². The third-order valence-corrected chi connectivity index (χ3v) is 7.05. The van der Waals surface area contributed by atoms with Crippen LogP contribution in [0.15, 0.2) is 72.8 Å². The number of benzene rings is 3. The molecule has 3 amide bonds. The number of amides is 3. The Kier molecular flexibility index (Phi) is 5.88. The molecule has 0 saturated carbocycles. The van der Waals surface area contributed by atoms with E-state index in [1.165, 1.54) is 18.2 Å². The second kappa shape index (κ2) is 9.02. The molecule has 2 saturated heterocycles. The molecule has 2 aliphatic heterocycles. The van der Waals surface area contributed by atoms with Crippen molar-refractivity contribution in [1.29, 1.82) is 0 Å². The van der Waals surface area contributed by atoms with Crippen LogP contribution in [0.3, 0.4) is 0 Å². The second-order valence-electron chi connectivity index (χ2n) is 9.04. The number of phenolic OH excluding ortho intramolecular Hbond substituents is 1. The van der Waals surface area contributed by atoms with Gasteiger partial charge in [-0.1, -0.05) is 36.4 Å². The number of phenols is 1. The van der Waals surface area contributed by atoms with E-state index in [1.807, 2.05) is 0 Å². The number of rotatable bonds is 4. The number of anilines is 1. The van der Waals surface area contributed by atoms with Gasteiger partial charge in [0.2, 0.25) is 5.91 Å². The predicted octanol–water partition coefficient (Wildman–Crippen LogP) is 4.75. The molecule has 1 spiro atoms. The van der Waals surface area contributed by atoms with Gasteiger partial charge in [0.1, 0.15) is 17.4 Å². The smallest absolute Gasteiger partial charge is 0.317 e. The summed E-state index contributed by atoms with van der Waals surface area (Å²) in [6, 6.07) is 18.2. The summed E-state index contributed by atoms with van der Waals surface area (Å²) < 4.78 is 27.8. The highest BCUT2D eigenvalue weighted by atomic mass is 19.1. The fourth-order valence-electron chi connectivity index (χ4n) is 5.19. The normalized spacial score (nSPS) is 18.9. The topological polar surface area (TPSA) is 72.9 Å². The average Bonchev–Trinajstić information content (AvgIpc) is 2.87. The average molecular weight is 478 g/mol. The number of carbonyl (C=O) groups is 2. The highest BCUT2D eigenvalue weighted by molar-refractivity contribution is 6.06. The number of hydrogen-bond acceptors (Lipinski definition) is 3. The fourth-order valence-corrected chi connectivity index (χ4v) is 5.19. The number of β-lactam (4-membered cyclic amide) rings is 1. The van der Waals surface area contributed by atoms with Gasteiger partial charge in [-0.25, -0.2) is 13.6 Å². The van der Waals surface area contributed by atoms with E-state index in [0.717, 1.165) is 5.56 Å². The number of carbonyl (C=O) groups excluding carboxylic acids is 2. The van der Waals surface area contributed by atoms with Gasteiger partial charge in [0, 0.05) is 30.9 Å². The second-order valence-corrected chi connectivity index (χ2v) is 9.04. The van der Waals surface area contributed by atoms with E-state index >= 15 is 0 Å². The number of halogens is 2. The summed E-state index contributed by atoms with van der Waals surface area (Å²) in [6.07, 6.45) is 0.882. The highest BCUT2D eigenvalue weighted by Gasteiger charge is 2.62. The van der Waals surface area contributed by atoms with E-state index < -0.39 is 11.2 Å². The summed E-state index contributed by atoms with van der Waals surface area (Å²) >= 11 is 0. The number of nitrogens with zero attached hydrogens (tertiary/aromatic N) is 2. The molecule has 2 N–H and O–H groups in total. The van der Waals surface area contributed by atoms with Gasteiger partial charge in [0.15, 0.2) is 0 Å². The molecule has 0 aromatic heterocycles. The van der Waals surface area contributed by atoms with Crippen LogP contribution in [0.5, 0.6) is 5.75 Å². The van der Waals surface area contributed by atoms with E-state index in [4.69, 9.17) is 0 Å². The number of likely N-dealkylation sites (tertiary alicyclic amines) is 1. The van der Waals surface area contributed by atoms with E-state index in [9.17, 15) is 23.5 Å². The van der Waals surface area contributed by atoms with Gasteiger partial charge in [-0.3, -0.25) is 4.79 Å². The summed E-state index contributed by atoms with van der Waals surface area (Å²) in [4.78, 5) is 29.5. The van der Waals surface area contributed by atoms with E-state index in [-0.39, 0.29) is 36.1 Å². The van der Waals surface area contributed by atoms with Crippen molar-refractivity contribution in [3.63, 3.8) is 0 Å². The summed E-state index contributed by atoms with van der Waals surface area (Å²) in [5, 5.41) is 12.5. The Labute approximate surface area is 201 Å². The summed E-state index contributed by atoms with van der Waals surface area (Å²) in [6.45, 7) is 0.802. The van der Waals surface area contributed by atoms with Gasteiger partial charge in [-0.05, 0) is 54.8 Å². The first-order valence-corrected chi connectivity index (χ1v) is 11.5. The fraction of sp³-hybridized carbons (Fsp3) is 0.259. The largest absolute Gasteiger partial charge is 0.508 e. The van der Waals surface area contributed by atoms with Crippen molar-refractivity contribution >= 4 is 17.6 Å².